The van der Waals surface area contributed by atoms with Gasteiger partial charge in [-0.2, -0.15) is 0 Å². The van der Waals surface area contributed by atoms with Gasteiger partial charge in [-0.25, -0.2) is 4.98 Å². The van der Waals surface area contributed by atoms with Gasteiger partial charge >= 0.3 is 0 Å². The van der Waals surface area contributed by atoms with Crippen LogP contribution in [0.5, 0.6) is 11.5 Å². The molecule has 7 nitrogen and oxygen atoms in total. The molecule has 2 aliphatic rings. The largest absolute Gasteiger partial charge is 0.454 e. The molecule has 1 atom stereocenters. The Kier molecular flexibility index (Phi) is 4.40. The average molecular weight is 407 g/mol. The summed E-state index contributed by atoms with van der Waals surface area (Å²) >= 11 is 1.56. The first kappa shape index (κ1) is 17.7. The number of carbonyl (C=O) groups is 2. The first-order valence-electron chi connectivity index (χ1n) is 9.18. The summed E-state index contributed by atoms with van der Waals surface area (Å²) in [5.74, 6) is 0.623. The summed E-state index contributed by atoms with van der Waals surface area (Å²) in [5, 5.41) is 5.77. The van der Waals surface area contributed by atoms with E-state index in [2.05, 4.69) is 10.3 Å². The Labute approximate surface area is 170 Å². The van der Waals surface area contributed by atoms with Gasteiger partial charge in [0.2, 0.25) is 18.6 Å². The Morgan fingerprint density at radius 3 is 2.76 bits per heavy atom. The molecule has 3 heterocycles. The number of nitrogens with zero attached hydrogens (tertiary/aromatic N) is 2. The van der Waals surface area contributed by atoms with Crippen LogP contribution in [-0.2, 0) is 9.59 Å². The molecular weight excluding hydrogens is 390 g/mol. The lowest BCUT2D eigenvalue weighted by atomic mass is 10.1. The zero-order chi connectivity index (χ0) is 19.8. The third-order valence-corrected chi connectivity index (χ3v) is 5.82. The van der Waals surface area contributed by atoms with Gasteiger partial charge in [0.05, 0.1) is 5.92 Å². The van der Waals surface area contributed by atoms with Crippen LogP contribution in [0.1, 0.15) is 6.42 Å². The average Bonchev–Trinajstić information content (AvgIpc) is 3.48. The van der Waals surface area contributed by atoms with Crippen molar-refractivity contribution in [3.63, 3.8) is 0 Å². The second-order valence-electron chi connectivity index (χ2n) is 6.85. The maximum atomic E-state index is 12.7. The predicted octanol–water partition coefficient (Wildman–Crippen LogP) is 3.53. The first-order chi connectivity index (χ1) is 14.2. The van der Waals surface area contributed by atoms with Crippen LogP contribution in [0.2, 0.25) is 0 Å². The number of rotatable bonds is 4. The van der Waals surface area contributed by atoms with Gasteiger partial charge in [0.25, 0.3) is 0 Å². The zero-order valence-electron chi connectivity index (χ0n) is 15.3. The maximum absolute atomic E-state index is 12.7. The van der Waals surface area contributed by atoms with Crippen molar-refractivity contribution in [1.29, 1.82) is 0 Å². The number of thiazole rings is 1. The minimum absolute atomic E-state index is 0.0804. The monoisotopic (exact) mass is 407 g/mol. The molecule has 0 aliphatic carbocycles. The van der Waals surface area contributed by atoms with Gasteiger partial charge in [-0.15, -0.1) is 11.3 Å². The van der Waals surface area contributed by atoms with E-state index in [1.54, 1.807) is 34.6 Å². The van der Waals surface area contributed by atoms with Gasteiger partial charge in [-0.05, 0) is 36.4 Å². The van der Waals surface area contributed by atoms with Crippen LogP contribution in [0.15, 0.2) is 54.0 Å². The van der Waals surface area contributed by atoms with E-state index in [0.717, 1.165) is 10.6 Å². The number of aromatic nitrogens is 1. The number of fused-ring (bicyclic) bond motifs is 1. The number of hydrogen-bond acceptors (Lipinski definition) is 6. The first-order valence-corrected chi connectivity index (χ1v) is 10.1. The van der Waals surface area contributed by atoms with Crippen molar-refractivity contribution in [3.05, 3.63) is 54.0 Å². The summed E-state index contributed by atoms with van der Waals surface area (Å²) in [6.07, 6.45) is 1.94. The zero-order valence-corrected chi connectivity index (χ0v) is 16.1. The Morgan fingerprint density at radius 2 is 1.97 bits per heavy atom. The molecule has 1 fully saturated rings. The molecule has 8 heteroatoms. The molecule has 146 valence electrons. The van der Waals surface area contributed by atoms with E-state index < -0.39 is 5.92 Å². The van der Waals surface area contributed by atoms with Crippen LogP contribution in [0, 0.1) is 5.92 Å². The molecule has 1 saturated heterocycles. The minimum Gasteiger partial charge on any atom is -0.454 e. The van der Waals surface area contributed by atoms with E-state index in [-0.39, 0.29) is 25.0 Å². The fraction of sp³-hybridized carbons (Fsp3) is 0.190. The summed E-state index contributed by atoms with van der Waals surface area (Å²) in [6.45, 7) is 0.514. The van der Waals surface area contributed by atoms with Crippen LogP contribution >= 0.6 is 11.3 Å². The third-order valence-electron chi connectivity index (χ3n) is 5.00. The molecule has 0 radical (unpaired) electrons. The van der Waals surface area contributed by atoms with E-state index in [0.29, 0.717) is 29.4 Å². The van der Waals surface area contributed by atoms with Gasteiger partial charge < -0.3 is 19.7 Å². The molecule has 2 amide bonds. The van der Waals surface area contributed by atoms with Crippen LogP contribution in [0.25, 0.3) is 10.6 Å². The van der Waals surface area contributed by atoms with Gasteiger partial charge in [0.1, 0.15) is 5.01 Å². The quantitative estimate of drug-likeness (QED) is 0.716. The second kappa shape index (κ2) is 7.21. The van der Waals surface area contributed by atoms with E-state index in [1.165, 1.54) is 0 Å². The van der Waals surface area contributed by atoms with E-state index >= 15 is 0 Å². The molecule has 3 aromatic rings. The minimum atomic E-state index is -0.411. The molecule has 0 spiro atoms. The second-order valence-corrected chi connectivity index (χ2v) is 7.74. The molecule has 5 rings (SSSR count). The van der Waals surface area contributed by atoms with Crippen LogP contribution < -0.4 is 19.7 Å². The fourth-order valence-corrected chi connectivity index (χ4v) is 4.14. The van der Waals surface area contributed by atoms with Crippen LogP contribution in [-0.4, -0.2) is 30.1 Å². The summed E-state index contributed by atoms with van der Waals surface area (Å²) in [6, 6.07) is 12.9. The lowest BCUT2D eigenvalue weighted by Gasteiger charge is -2.17. The SMILES string of the molecule is O=C(Nc1ccc(-c2nccs2)cc1)[C@H]1CC(=O)N(c2ccc3c(c2)OCO3)C1. The number of amides is 2. The van der Waals surface area contributed by atoms with Gasteiger partial charge in [-0.1, -0.05) is 0 Å². The van der Waals surface area contributed by atoms with Gasteiger partial charge in [0.15, 0.2) is 11.5 Å². The van der Waals surface area contributed by atoms with Crippen molar-refractivity contribution >= 4 is 34.5 Å². The Balaban J connectivity index is 1.26. The Hall–Kier alpha value is -3.39. The van der Waals surface area contributed by atoms with Gasteiger partial charge in [-0.3, -0.25) is 9.59 Å². The number of benzene rings is 2. The van der Waals surface area contributed by atoms with Crippen molar-refractivity contribution < 1.29 is 19.1 Å². The molecule has 2 aliphatic heterocycles. The number of carbonyl (C=O) groups excluding carboxylic acids is 2. The number of ether oxygens (including phenoxy) is 2. The molecule has 0 unspecified atom stereocenters. The molecule has 29 heavy (non-hydrogen) atoms. The topological polar surface area (TPSA) is 80.8 Å². The predicted molar refractivity (Wildman–Crippen MR) is 109 cm³/mol. The van der Waals surface area contributed by atoms with Crippen LogP contribution in [0.4, 0.5) is 11.4 Å². The summed E-state index contributed by atoms with van der Waals surface area (Å²) in [7, 11) is 0. The van der Waals surface area contributed by atoms with Crippen molar-refractivity contribution in [2.24, 2.45) is 5.92 Å². The fourth-order valence-electron chi connectivity index (χ4n) is 3.49. The molecule has 1 aromatic heterocycles. The molecule has 0 saturated carbocycles. The van der Waals surface area contributed by atoms with E-state index in [4.69, 9.17) is 9.47 Å². The molecule has 2 aromatic carbocycles. The van der Waals surface area contributed by atoms with Gasteiger partial charge in [0, 0.05) is 47.5 Å². The number of nitrogens with one attached hydrogen (secondary N) is 1. The van der Waals surface area contributed by atoms with Crippen molar-refractivity contribution in [2.45, 2.75) is 6.42 Å². The maximum Gasteiger partial charge on any atom is 0.231 e. The smallest absolute Gasteiger partial charge is 0.231 e. The summed E-state index contributed by atoms with van der Waals surface area (Å²) < 4.78 is 10.7. The number of anilines is 2. The Bertz CT molecular complexity index is 1070. The van der Waals surface area contributed by atoms with Crippen LogP contribution in [0.3, 0.4) is 0 Å². The Morgan fingerprint density at radius 1 is 1.14 bits per heavy atom. The molecule has 1 N–H and O–H groups in total. The lowest BCUT2D eigenvalue weighted by Crippen LogP contribution is -2.28. The van der Waals surface area contributed by atoms with Crippen molar-refractivity contribution in [2.75, 3.05) is 23.6 Å². The highest BCUT2D eigenvalue weighted by Crippen LogP contribution is 2.37. The third kappa shape index (κ3) is 3.42. The summed E-state index contributed by atoms with van der Waals surface area (Å²) in [5.41, 5.74) is 2.41. The normalized spacial score (nSPS) is 17.6. The number of hydrogen-bond donors (Lipinski definition) is 1. The highest BCUT2D eigenvalue weighted by Gasteiger charge is 2.35. The van der Waals surface area contributed by atoms with E-state index in [9.17, 15) is 9.59 Å². The summed E-state index contributed by atoms with van der Waals surface area (Å²) in [4.78, 5) is 31.1. The highest BCUT2D eigenvalue weighted by molar-refractivity contribution is 7.13. The standard InChI is InChI=1S/C21H17N3O4S/c25-19-9-14(11-24(19)16-5-6-17-18(10-16)28-12-27-17)20(26)23-15-3-1-13(2-4-15)21-22-7-8-29-21/h1-8,10,14H,9,11-12H2,(H,23,26)/t14-/m0/s1. The van der Waals surface area contributed by atoms with Crippen molar-refractivity contribution in [3.8, 4) is 22.1 Å². The lowest BCUT2D eigenvalue weighted by molar-refractivity contribution is -0.122. The molecular formula is C21H17N3O4S. The van der Waals surface area contributed by atoms with Crippen molar-refractivity contribution in [1.82, 2.24) is 4.98 Å². The van der Waals surface area contributed by atoms with E-state index in [1.807, 2.05) is 35.7 Å². The highest BCUT2D eigenvalue weighted by atomic mass is 32.1. The molecule has 0 bridgehead atoms.